The molecule has 1 aliphatic heterocycles. The minimum absolute atomic E-state index is 0.103. The molecule has 9 heteroatoms. The number of nitrogens with zero attached hydrogens (tertiary/aromatic N) is 3. The summed E-state index contributed by atoms with van der Waals surface area (Å²) in [5.41, 5.74) is 0.635. The number of hydrogen-bond donors (Lipinski definition) is 2. The third-order valence-electron chi connectivity index (χ3n) is 5.19. The third kappa shape index (κ3) is 3.74. The second kappa shape index (κ2) is 7.22. The largest absolute Gasteiger partial charge is 0.507 e. The number of oxazole rings is 1. The van der Waals surface area contributed by atoms with E-state index in [1.807, 2.05) is 4.90 Å². The number of benzene rings is 1. The molecule has 1 fully saturated rings. The molecule has 29 heavy (non-hydrogen) atoms. The van der Waals surface area contributed by atoms with Gasteiger partial charge in [-0.25, -0.2) is 4.98 Å². The van der Waals surface area contributed by atoms with Gasteiger partial charge in [-0.1, -0.05) is 0 Å². The highest BCUT2D eigenvalue weighted by Crippen LogP contribution is 2.39. The summed E-state index contributed by atoms with van der Waals surface area (Å²) in [5, 5.41) is 19.6. The Hall–Kier alpha value is -2.81. The molecule has 3 aromatic rings. The van der Waals surface area contributed by atoms with Crippen LogP contribution >= 0.6 is 0 Å². The fraction of sp³-hybridized carbons (Fsp3) is 0.400. The maximum atomic E-state index is 13.0. The zero-order valence-corrected chi connectivity index (χ0v) is 15.7. The molecule has 2 N–H and O–H groups in total. The van der Waals surface area contributed by atoms with Gasteiger partial charge < -0.3 is 19.5 Å². The lowest BCUT2D eigenvalue weighted by Crippen LogP contribution is -2.36. The van der Waals surface area contributed by atoms with E-state index >= 15 is 0 Å². The SMILES string of the molecule is Cc1cc(C(F)(F)F)cc(O)c1-c1ccc2oc(N3CCCC(CO)C3)nc2n1. The molecule has 1 atom stereocenters. The average Bonchev–Trinajstić information content (AvgIpc) is 3.10. The summed E-state index contributed by atoms with van der Waals surface area (Å²) in [6, 6.07) is 5.30. The zero-order chi connectivity index (χ0) is 20.8. The van der Waals surface area contributed by atoms with Gasteiger partial charge in [0, 0.05) is 25.3 Å². The second-order valence-corrected chi connectivity index (χ2v) is 7.34. The number of phenolic OH excluding ortho intramolecular Hbond substituents is 1. The van der Waals surface area contributed by atoms with Gasteiger partial charge in [-0.15, -0.1) is 0 Å². The maximum Gasteiger partial charge on any atom is 0.416 e. The number of aliphatic hydroxyl groups is 1. The number of alkyl halides is 3. The van der Waals surface area contributed by atoms with Crippen LogP contribution in [0.4, 0.5) is 19.2 Å². The van der Waals surface area contributed by atoms with Crippen LogP contribution in [0.15, 0.2) is 28.7 Å². The van der Waals surface area contributed by atoms with Crippen molar-refractivity contribution in [2.45, 2.75) is 25.9 Å². The van der Waals surface area contributed by atoms with E-state index in [9.17, 15) is 23.4 Å². The van der Waals surface area contributed by atoms with Crippen LogP contribution < -0.4 is 4.90 Å². The molecule has 1 unspecified atom stereocenters. The molecule has 154 valence electrons. The fourth-order valence-corrected chi connectivity index (χ4v) is 3.73. The Balaban J connectivity index is 1.70. The van der Waals surface area contributed by atoms with Gasteiger partial charge in [-0.3, -0.25) is 0 Å². The van der Waals surface area contributed by atoms with E-state index in [4.69, 9.17) is 4.42 Å². The normalized spacial score (nSPS) is 17.8. The predicted molar refractivity (Wildman–Crippen MR) is 101 cm³/mol. The van der Waals surface area contributed by atoms with Crippen molar-refractivity contribution in [2.24, 2.45) is 5.92 Å². The van der Waals surface area contributed by atoms with Gasteiger partial charge in [-0.05, 0) is 55.5 Å². The highest BCUT2D eigenvalue weighted by Gasteiger charge is 2.32. The van der Waals surface area contributed by atoms with Crippen molar-refractivity contribution in [3.05, 3.63) is 35.4 Å². The Labute approximate surface area is 164 Å². The summed E-state index contributed by atoms with van der Waals surface area (Å²) in [4.78, 5) is 10.8. The van der Waals surface area contributed by atoms with Crippen molar-refractivity contribution in [1.29, 1.82) is 0 Å². The Morgan fingerprint density at radius 1 is 1.24 bits per heavy atom. The van der Waals surface area contributed by atoms with Crippen LogP contribution in [0.5, 0.6) is 5.75 Å². The molecule has 1 aliphatic rings. The number of aromatic hydroxyl groups is 1. The van der Waals surface area contributed by atoms with Gasteiger partial charge in [0.1, 0.15) is 5.75 Å². The molecule has 6 nitrogen and oxygen atoms in total. The first-order valence-corrected chi connectivity index (χ1v) is 9.31. The molecule has 3 heterocycles. The third-order valence-corrected chi connectivity index (χ3v) is 5.19. The van der Waals surface area contributed by atoms with Crippen molar-refractivity contribution in [1.82, 2.24) is 9.97 Å². The predicted octanol–water partition coefficient (Wildman–Crippen LogP) is 4.13. The van der Waals surface area contributed by atoms with Gasteiger partial charge >= 0.3 is 6.18 Å². The first-order valence-electron chi connectivity index (χ1n) is 9.31. The Bertz CT molecular complexity index is 1030. The summed E-state index contributed by atoms with van der Waals surface area (Å²) in [6.07, 6.45) is -2.68. The molecule has 0 aliphatic carbocycles. The second-order valence-electron chi connectivity index (χ2n) is 7.34. The smallest absolute Gasteiger partial charge is 0.416 e. The first kappa shape index (κ1) is 19.5. The van der Waals surface area contributed by atoms with E-state index in [1.165, 1.54) is 6.92 Å². The molecule has 2 aromatic heterocycles. The summed E-state index contributed by atoms with van der Waals surface area (Å²) in [5.74, 6) is -0.330. The van der Waals surface area contributed by atoms with E-state index in [2.05, 4.69) is 9.97 Å². The van der Waals surface area contributed by atoms with E-state index in [-0.39, 0.29) is 23.7 Å². The number of rotatable bonds is 3. The Morgan fingerprint density at radius 2 is 2.03 bits per heavy atom. The molecular weight excluding hydrogens is 387 g/mol. The molecule has 0 amide bonds. The van der Waals surface area contributed by atoms with Gasteiger partial charge in [0.05, 0.1) is 11.3 Å². The Kier molecular flexibility index (Phi) is 4.85. The molecule has 4 rings (SSSR count). The number of pyridine rings is 1. The van der Waals surface area contributed by atoms with Crippen LogP contribution in [0.25, 0.3) is 22.5 Å². The first-order chi connectivity index (χ1) is 13.8. The van der Waals surface area contributed by atoms with Crippen molar-refractivity contribution in [3.63, 3.8) is 0 Å². The van der Waals surface area contributed by atoms with E-state index in [0.717, 1.165) is 25.5 Å². The highest BCUT2D eigenvalue weighted by molar-refractivity contribution is 5.78. The van der Waals surface area contributed by atoms with Gasteiger partial charge in [0.2, 0.25) is 5.65 Å². The summed E-state index contributed by atoms with van der Waals surface area (Å²) < 4.78 is 44.6. The maximum absolute atomic E-state index is 13.0. The van der Waals surface area contributed by atoms with Gasteiger partial charge in [0.15, 0.2) is 5.58 Å². The molecule has 1 saturated heterocycles. The quantitative estimate of drug-likeness (QED) is 0.679. The monoisotopic (exact) mass is 407 g/mol. The van der Waals surface area contributed by atoms with Crippen molar-refractivity contribution < 1.29 is 27.8 Å². The molecular formula is C20H20F3N3O3. The van der Waals surface area contributed by atoms with Crippen molar-refractivity contribution in [2.75, 3.05) is 24.6 Å². The number of fused-ring (bicyclic) bond motifs is 1. The van der Waals surface area contributed by atoms with E-state index < -0.39 is 17.5 Å². The lowest BCUT2D eigenvalue weighted by molar-refractivity contribution is -0.137. The van der Waals surface area contributed by atoms with Crippen molar-refractivity contribution >= 4 is 17.2 Å². The van der Waals surface area contributed by atoms with Crippen LogP contribution in [0.2, 0.25) is 0 Å². The van der Waals surface area contributed by atoms with Crippen LogP contribution in [-0.2, 0) is 6.18 Å². The van der Waals surface area contributed by atoms with Crippen LogP contribution in [0.1, 0.15) is 24.0 Å². The molecule has 1 aromatic carbocycles. The minimum Gasteiger partial charge on any atom is -0.507 e. The summed E-state index contributed by atoms with van der Waals surface area (Å²) in [6.45, 7) is 2.99. The molecule has 0 spiro atoms. The summed E-state index contributed by atoms with van der Waals surface area (Å²) >= 11 is 0. The Morgan fingerprint density at radius 3 is 2.72 bits per heavy atom. The van der Waals surface area contributed by atoms with E-state index in [1.54, 1.807) is 12.1 Å². The fourth-order valence-electron chi connectivity index (χ4n) is 3.73. The van der Waals surface area contributed by atoms with Crippen LogP contribution in [0, 0.1) is 12.8 Å². The lowest BCUT2D eigenvalue weighted by atomic mass is 10.00. The molecule has 0 bridgehead atoms. The van der Waals surface area contributed by atoms with Gasteiger partial charge in [0.25, 0.3) is 6.01 Å². The average molecular weight is 407 g/mol. The minimum atomic E-state index is -4.54. The number of aliphatic hydroxyl groups excluding tert-OH is 1. The molecule has 0 radical (unpaired) electrons. The standard InChI is InChI=1S/C20H20F3N3O3/c1-11-7-13(20(21,22)23)8-15(28)17(11)14-4-5-16-18(24-14)25-19(29-16)26-6-2-3-12(9-26)10-27/h4-5,7-8,12,27-28H,2-3,6,9-10H2,1H3. The topological polar surface area (TPSA) is 82.6 Å². The van der Waals surface area contributed by atoms with Crippen molar-refractivity contribution in [3.8, 4) is 17.0 Å². The number of aromatic nitrogens is 2. The highest BCUT2D eigenvalue weighted by atomic mass is 19.4. The summed E-state index contributed by atoms with van der Waals surface area (Å²) in [7, 11) is 0. The number of phenols is 1. The van der Waals surface area contributed by atoms with Crippen LogP contribution in [-0.4, -0.2) is 39.9 Å². The van der Waals surface area contributed by atoms with Crippen LogP contribution in [0.3, 0.4) is 0 Å². The number of piperidine rings is 1. The lowest BCUT2D eigenvalue weighted by Gasteiger charge is -2.30. The van der Waals surface area contributed by atoms with E-state index in [0.29, 0.717) is 35.5 Å². The molecule has 0 saturated carbocycles. The number of hydrogen-bond acceptors (Lipinski definition) is 6. The number of aryl methyl sites for hydroxylation is 1. The number of halogens is 3. The number of anilines is 1. The zero-order valence-electron chi connectivity index (χ0n) is 15.7. The van der Waals surface area contributed by atoms with Gasteiger partial charge in [-0.2, -0.15) is 18.2 Å².